The number of aromatic nitrogens is 6. The zero-order valence-electron chi connectivity index (χ0n) is 17.7. The van der Waals surface area contributed by atoms with Crippen molar-refractivity contribution < 1.29 is 4.79 Å². The molecular formula is C23H21Cl2N7O. The fourth-order valence-electron chi connectivity index (χ4n) is 4.16. The van der Waals surface area contributed by atoms with Crippen LogP contribution in [0.25, 0.3) is 5.69 Å². The van der Waals surface area contributed by atoms with Gasteiger partial charge < -0.3 is 4.90 Å². The molecule has 0 N–H and O–H groups in total. The fourth-order valence-corrected chi connectivity index (χ4v) is 4.48. The Hall–Kier alpha value is -3.23. The Morgan fingerprint density at radius 3 is 2.36 bits per heavy atom. The normalized spacial score (nSPS) is 14.5. The first-order valence-corrected chi connectivity index (χ1v) is 11.4. The van der Waals surface area contributed by atoms with Crippen LogP contribution in [0.1, 0.15) is 40.8 Å². The highest BCUT2D eigenvalue weighted by atomic mass is 35.5. The Morgan fingerprint density at radius 2 is 1.67 bits per heavy atom. The lowest BCUT2D eigenvalue weighted by Crippen LogP contribution is -2.38. The minimum Gasteiger partial charge on any atom is -0.339 e. The van der Waals surface area contributed by atoms with Crippen molar-refractivity contribution >= 4 is 29.1 Å². The quantitative estimate of drug-likeness (QED) is 0.425. The van der Waals surface area contributed by atoms with Gasteiger partial charge in [0.15, 0.2) is 5.82 Å². The van der Waals surface area contributed by atoms with Crippen molar-refractivity contribution in [3.8, 4) is 5.69 Å². The van der Waals surface area contributed by atoms with Crippen LogP contribution in [0.4, 0.5) is 0 Å². The first-order chi connectivity index (χ1) is 16.1. The molecule has 1 fully saturated rings. The summed E-state index contributed by atoms with van der Waals surface area (Å²) in [6.45, 7) is 1.67. The van der Waals surface area contributed by atoms with Crippen LogP contribution in [-0.2, 0) is 6.54 Å². The largest absolute Gasteiger partial charge is 0.339 e. The molecule has 0 aliphatic carbocycles. The zero-order valence-corrected chi connectivity index (χ0v) is 19.2. The van der Waals surface area contributed by atoms with Crippen molar-refractivity contribution in [3.05, 3.63) is 88.2 Å². The van der Waals surface area contributed by atoms with Gasteiger partial charge in [-0.1, -0.05) is 29.3 Å². The lowest BCUT2D eigenvalue weighted by molar-refractivity contribution is 0.0710. The average molecular weight is 482 g/mol. The maximum absolute atomic E-state index is 12.9. The molecule has 0 bridgehead atoms. The SMILES string of the molecule is O=C(c1cccc(Cl)c1)N1CCC(c2nnc(Cn3nccn3)n2-c2ccc(Cl)cc2)CC1. The third-order valence-corrected chi connectivity index (χ3v) is 6.30. The molecule has 2 aromatic carbocycles. The number of halogens is 2. The van der Waals surface area contributed by atoms with Crippen LogP contribution in [0, 0.1) is 0 Å². The van der Waals surface area contributed by atoms with E-state index in [1.54, 1.807) is 41.5 Å². The summed E-state index contributed by atoms with van der Waals surface area (Å²) in [6.07, 6.45) is 4.85. The molecule has 0 unspecified atom stereocenters. The molecule has 0 spiro atoms. The molecule has 1 aliphatic heterocycles. The third kappa shape index (κ3) is 4.62. The molecule has 1 saturated heterocycles. The minimum atomic E-state index is 0.000522. The Kier molecular flexibility index (Phi) is 6.11. The van der Waals surface area contributed by atoms with Crippen LogP contribution in [0.2, 0.25) is 10.0 Å². The van der Waals surface area contributed by atoms with Gasteiger partial charge in [-0.3, -0.25) is 9.36 Å². The molecule has 0 atom stereocenters. The highest BCUT2D eigenvalue weighted by Crippen LogP contribution is 2.30. The van der Waals surface area contributed by atoms with E-state index in [1.807, 2.05) is 29.2 Å². The van der Waals surface area contributed by atoms with Crippen LogP contribution in [-0.4, -0.2) is 53.7 Å². The molecule has 33 heavy (non-hydrogen) atoms. The Balaban J connectivity index is 1.38. The lowest BCUT2D eigenvalue weighted by atomic mass is 9.95. The molecule has 168 valence electrons. The molecular weight excluding hydrogens is 461 g/mol. The summed E-state index contributed by atoms with van der Waals surface area (Å²) < 4.78 is 2.05. The van der Waals surface area contributed by atoms with E-state index in [0.717, 1.165) is 30.2 Å². The highest BCUT2D eigenvalue weighted by molar-refractivity contribution is 6.31. The summed E-state index contributed by atoms with van der Waals surface area (Å²) in [7, 11) is 0. The highest BCUT2D eigenvalue weighted by Gasteiger charge is 2.29. The summed E-state index contributed by atoms with van der Waals surface area (Å²) >= 11 is 12.2. The first kappa shape index (κ1) is 21.6. The molecule has 3 heterocycles. The summed E-state index contributed by atoms with van der Waals surface area (Å²) in [5.74, 6) is 1.77. The van der Waals surface area contributed by atoms with Gasteiger partial charge in [0.05, 0.1) is 12.4 Å². The van der Waals surface area contributed by atoms with E-state index in [2.05, 4.69) is 25.0 Å². The number of piperidine rings is 1. The Morgan fingerprint density at radius 1 is 0.939 bits per heavy atom. The average Bonchev–Trinajstić information content (AvgIpc) is 3.50. The monoisotopic (exact) mass is 481 g/mol. The van der Waals surface area contributed by atoms with Crippen molar-refractivity contribution in [3.63, 3.8) is 0 Å². The second-order valence-electron chi connectivity index (χ2n) is 7.92. The number of rotatable bonds is 5. The van der Waals surface area contributed by atoms with E-state index in [9.17, 15) is 4.79 Å². The van der Waals surface area contributed by atoms with Gasteiger partial charge in [0.25, 0.3) is 5.91 Å². The van der Waals surface area contributed by atoms with Crippen molar-refractivity contribution in [1.29, 1.82) is 0 Å². The van der Waals surface area contributed by atoms with Gasteiger partial charge in [-0.05, 0) is 55.3 Å². The molecule has 5 rings (SSSR count). The van der Waals surface area contributed by atoms with Crippen LogP contribution in [0.5, 0.6) is 0 Å². The lowest BCUT2D eigenvalue weighted by Gasteiger charge is -2.32. The Bertz CT molecular complexity index is 1250. The van der Waals surface area contributed by atoms with E-state index >= 15 is 0 Å². The summed E-state index contributed by atoms with van der Waals surface area (Å²) in [4.78, 5) is 16.4. The molecule has 0 saturated carbocycles. The number of amides is 1. The maximum Gasteiger partial charge on any atom is 0.253 e. The van der Waals surface area contributed by atoms with Gasteiger partial charge in [0.2, 0.25) is 0 Å². The van der Waals surface area contributed by atoms with Crippen molar-refractivity contribution in [1.82, 2.24) is 34.7 Å². The maximum atomic E-state index is 12.9. The fraction of sp³-hybridized carbons (Fsp3) is 0.261. The van der Waals surface area contributed by atoms with Gasteiger partial charge >= 0.3 is 0 Å². The minimum absolute atomic E-state index is 0.000522. The molecule has 8 nitrogen and oxygen atoms in total. The number of carbonyl (C=O) groups is 1. The standard InChI is InChI=1S/C23H21Cl2N7O/c24-18-4-6-20(7-5-18)32-21(15-31-26-10-11-27-31)28-29-22(32)16-8-12-30(13-9-16)23(33)17-2-1-3-19(25)14-17/h1-7,10-11,14,16H,8-9,12-13,15H2. The summed E-state index contributed by atoms with van der Waals surface area (Å²) in [5.41, 5.74) is 1.54. The molecule has 2 aromatic heterocycles. The van der Waals surface area contributed by atoms with Crippen LogP contribution in [0.3, 0.4) is 0 Å². The predicted molar refractivity (Wildman–Crippen MR) is 125 cm³/mol. The second kappa shape index (κ2) is 9.33. The van der Waals surface area contributed by atoms with Crippen LogP contribution >= 0.6 is 23.2 Å². The number of hydrogen-bond acceptors (Lipinski definition) is 5. The number of nitrogens with zero attached hydrogens (tertiary/aromatic N) is 7. The summed E-state index contributed by atoms with van der Waals surface area (Å²) in [5, 5.41) is 18.6. The first-order valence-electron chi connectivity index (χ1n) is 10.7. The summed E-state index contributed by atoms with van der Waals surface area (Å²) in [6, 6.07) is 14.7. The molecule has 10 heteroatoms. The van der Waals surface area contributed by atoms with Crippen LogP contribution < -0.4 is 0 Å². The van der Waals surface area contributed by atoms with Gasteiger partial charge in [0, 0.05) is 40.3 Å². The molecule has 1 amide bonds. The van der Waals surface area contributed by atoms with E-state index < -0.39 is 0 Å². The van der Waals surface area contributed by atoms with Crippen molar-refractivity contribution in [2.75, 3.05) is 13.1 Å². The Labute approximate surface area is 200 Å². The van der Waals surface area contributed by atoms with E-state index in [-0.39, 0.29) is 11.8 Å². The number of carbonyl (C=O) groups excluding carboxylic acids is 1. The second-order valence-corrected chi connectivity index (χ2v) is 8.80. The predicted octanol–water partition coefficient (Wildman–Crippen LogP) is 4.23. The number of hydrogen-bond donors (Lipinski definition) is 0. The number of benzene rings is 2. The van der Waals surface area contributed by atoms with E-state index in [4.69, 9.17) is 23.2 Å². The van der Waals surface area contributed by atoms with E-state index in [0.29, 0.717) is 35.2 Å². The topological polar surface area (TPSA) is 81.7 Å². The van der Waals surface area contributed by atoms with Gasteiger partial charge in [-0.25, -0.2) is 0 Å². The molecule has 1 aliphatic rings. The van der Waals surface area contributed by atoms with Gasteiger partial charge in [-0.15, -0.1) is 10.2 Å². The van der Waals surface area contributed by atoms with Gasteiger partial charge in [0.1, 0.15) is 12.4 Å². The molecule has 4 aromatic rings. The molecule has 0 radical (unpaired) electrons. The van der Waals surface area contributed by atoms with Gasteiger partial charge in [-0.2, -0.15) is 15.0 Å². The van der Waals surface area contributed by atoms with Crippen molar-refractivity contribution in [2.24, 2.45) is 0 Å². The number of likely N-dealkylation sites (tertiary alicyclic amines) is 1. The van der Waals surface area contributed by atoms with Crippen LogP contribution in [0.15, 0.2) is 60.9 Å². The smallest absolute Gasteiger partial charge is 0.253 e. The van der Waals surface area contributed by atoms with E-state index in [1.165, 1.54) is 0 Å². The zero-order chi connectivity index (χ0) is 22.8. The third-order valence-electron chi connectivity index (χ3n) is 5.81. The van der Waals surface area contributed by atoms with Crippen molar-refractivity contribution in [2.45, 2.75) is 25.3 Å².